The van der Waals surface area contributed by atoms with E-state index in [2.05, 4.69) is 38.6 Å². The molecule has 0 radical (unpaired) electrons. The smallest absolute Gasteiger partial charge is 0.0934 e. The first-order chi connectivity index (χ1) is 7.59. The van der Waals surface area contributed by atoms with E-state index in [0.29, 0.717) is 11.3 Å². The van der Waals surface area contributed by atoms with Crippen molar-refractivity contribution in [2.75, 3.05) is 0 Å². The Morgan fingerprint density at radius 3 is 2.94 bits per heavy atom. The Hall–Kier alpha value is -1.24. The average Bonchev–Trinajstić information content (AvgIpc) is 2.68. The molecule has 0 N–H and O–H groups in total. The maximum Gasteiger partial charge on any atom is 0.0934 e. The van der Waals surface area contributed by atoms with Crippen LogP contribution in [0.3, 0.4) is 0 Å². The van der Waals surface area contributed by atoms with Crippen LogP contribution in [-0.2, 0) is 6.42 Å². The van der Waals surface area contributed by atoms with E-state index in [9.17, 15) is 0 Å². The van der Waals surface area contributed by atoms with Gasteiger partial charge < -0.3 is 4.42 Å². The van der Waals surface area contributed by atoms with E-state index in [1.807, 2.05) is 6.26 Å². The van der Waals surface area contributed by atoms with Crippen LogP contribution in [0.5, 0.6) is 0 Å². The van der Waals surface area contributed by atoms with Gasteiger partial charge in [0.25, 0.3) is 0 Å². The van der Waals surface area contributed by atoms with E-state index in [1.165, 1.54) is 11.1 Å². The minimum Gasteiger partial charge on any atom is -0.472 e. The number of furan rings is 1. The lowest BCUT2D eigenvalue weighted by Gasteiger charge is -2.37. The molecule has 0 fully saturated rings. The second kappa shape index (κ2) is 4.32. The van der Waals surface area contributed by atoms with Crippen molar-refractivity contribution in [2.45, 2.75) is 33.1 Å². The molecule has 0 bridgehead atoms. The Morgan fingerprint density at radius 2 is 2.31 bits per heavy atom. The molecule has 1 aromatic rings. The molecular weight excluding hydrogens is 196 g/mol. The third kappa shape index (κ3) is 2.29. The van der Waals surface area contributed by atoms with Gasteiger partial charge in [0.05, 0.1) is 12.5 Å². The van der Waals surface area contributed by atoms with Crippen LogP contribution >= 0.6 is 0 Å². The molecule has 0 aliphatic heterocycles. The maximum absolute atomic E-state index is 5.10. The summed E-state index contributed by atoms with van der Waals surface area (Å²) in [5, 5.41) is 0. The van der Waals surface area contributed by atoms with Gasteiger partial charge in [0.2, 0.25) is 0 Å². The van der Waals surface area contributed by atoms with Crippen LogP contribution in [0, 0.1) is 11.3 Å². The van der Waals surface area contributed by atoms with Gasteiger partial charge in [-0.2, -0.15) is 0 Å². The molecule has 0 amide bonds. The van der Waals surface area contributed by atoms with Crippen molar-refractivity contribution in [2.24, 2.45) is 11.3 Å². The molecule has 86 valence electrons. The van der Waals surface area contributed by atoms with E-state index in [1.54, 1.807) is 6.26 Å². The Labute approximate surface area is 97.9 Å². The van der Waals surface area contributed by atoms with Gasteiger partial charge >= 0.3 is 0 Å². The van der Waals surface area contributed by atoms with E-state index in [-0.39, 0.29) is 0 Å². The highest BCUT2D eigenvalue weighted by Gasteiger charge is 2.31. The zero-order valence-electron chi connectivity index (χ0n) is 10.2. The molecule has 0 spiro atoms. The number of rotatable bonds is 3. The average molecular weight is 216 g/mol. The van der Waals surface area contributed by atoms with Gasteiger partial charge in [0.1, 0.15) is 0 Å². The van der Waals surface area contributed by atoms with Gasteiger partial charge in [-0.05, 0) is 42.2 Å². The van der Waals surface area contributed by atoms with Crippen LogP contribution < -0.4 is 0 Å². The topological polar surface area (TPSA) is 13.1 Å². The zero-order chi connectivity index (χ0) is 11.6. The summed E-state index contributed by atoms with van der Waals surface area (Å²) in [4.78, 5) is 0. The van der Waals surface area contributed by atoms with Crippen LogP contribution in [0.4, 0.5) is 0 Å². The third-order valence-electron chi connectivity index (χ3n) is 3.67. The lowest BCUT2D eigenvalue weighted by atomic mass is 9.68. The standard InChI is InChI=1S/C15H20O/c1-12-5-4-9-15(2,3)14(12)7-6-13-8-10-16-11-13/h4-5,8,10-11,14H,1,6-7,9H2,2-3H3/t14-/m0/s1. The largest absolute Gasteiger partial charge is 0.472 e. The highest BCUT2D eigenvalue weighted by Crippen LogP contribution is 2.42. The van der Waals surface area contributed by atoms with Gasteiger partial charge in [-0.3, -0.25) is 0 Å². The first kappa shape index (κ1) is 11.3. The molecule has 16 heavy (non-hydrogen) atoms. The van der Waals surface area contributed by atoms with Gasteiger partial charge in [0, 0.05) is 0 Å². The Balaban J connectivity index is 2.02. The quantitative estimate of drug-likeness (QED) is 0.731. The molecule has 1 aliphatic carbocycles. The van der Waals surface area contributed by atoms with Crippen molar-refractivity contribution >= 4 is 0 Å². The summed E-state index contributed by atoms with van der Waals surface area (Å²) in [7, 11) is 0. The lowest BCUT2D eigenvalue weighted by Crippen LogP contribution is -2.27. The summed E-state index contributed by atoms with van der Waals surface area (Å²) in [5.74, 6) is 0.590. The molecule has 1 nitrogen and oxygen atoms in total. The third-order valence-corrected chi connectivity index (χ3v) is 3.67. The van der Waals surface area contributed by atoms with Crippen LogP contribution in [0.2, 0.25) is 0 Å². The first-order valence-electron chi connectivity index (χ1n) is 5.96. The predicted molar refractivity (Wildman–Crippen MR) is 67.2 cm³/mol. The molecular formula is C15H20O. The zero-order valence-corrected chi connectivity index (χ0v) is 10.2. The number of hydrogen-bond acceptors (Lipinski definition) is 1. The van der Waals surface area contributed by atoms with Crippen molar-refractivity contribution < 1.29 is 4.42 Å². The van der Waals surface area contributed by atoms with Crippen LogP contribution in [0.25, 0.3) is 0 Å². The van der Waals surface area contributed by atoms with Crippen LogP contribution in [0.1, 0.15) is 32.3 Å². The lowest BCUT2D eigenvalue weighted by molar-refractivity contribution is 0.234. The summed E-state index contributed by atoms with van der Waals surface area (Å²) < 4.78 is 5.10. The highest BCUT2D eigenvalue weighted by atomic mass is 16.3. The summed E-state index contributed by atoms with van der Waals surface area (Å²) >= 11 is 0. The van der Waals surface area contributed by atoms with E-state index >= 15 is 0 Å². The normalized spacial score (nSPS) is 23.6. The second-order valence-corrected chi connectivity index (χ2v) is 5.39. The molecule has 0 saturated heterocycles. The van der Waals surface area contributed by atoms with Crippen molar-refractivity contribution in [3.63, 3.8) is 0 Å². The predicted octanol–water partition coefficient (Wildman–Crippen LogP) is 4.37. The summed E-state index contributed by atoms with van der Waals surface area (Å²) in [6.07, 6.45) is 11.4. The van der Waals surface area contributed by atoms with E-state index in [0.717, 1.165) is 19.3 Å². The summed E-state index contributed by atoms with van der Waals surface area (Å²) in [6.45, 7) is 8.85. The summed E-state index contributed by atoms with van der Waals surface area (Å²) in [5.41, 5.74) is 2.91. The molecule has 2 rings (SSSR count). The van der Waals surface area contributed by atoms with Crippen molar-refractivity contribution in [3.8, 4) is 0 Å². The molecule has 1 aromatic heterocycles. The monoisotopic (exact) mass is 216 g/mol. The minimum atomic E-state index is 0.343. The van der Waals surface area contributed by atoms with Crippen LogP contribution in [-0.4, -0.2) is 0 Å². The fourth-order valence-electron chi connectivity index (χ4n) is 2.60. The molecule has 0 aromatic carbocycles. The Morgan fingerprint density at radius 1 is 1.50 bits per heavy atom. The minimum absolute atomic E-state index is 0.343. The van der Waals surface area contributed by atoms with E-state index < -0.39 is 0 Å². The molecule has 1 heterocycles. The van der Waals surface area contributed by atoms with Gasteiger partial charge in [-0.1, -0.05) is 38.2 Å². The van der Waals surface area contributed by atoms with Crippen LogP contribution in [0.15, 0.2) is 47.3 Å². The van der Waals surface area contributed by atoms with Gasteiger partial charge in [0.15, 0.2) is 0 Å². The Kier molecular flexibility index (Phi) is 3.04. The molecule has 0 unspecified atom stereocenters. The van der Waals surface area contributed by atoms with Gasteiger partial charge in [-0.15, -0.1) is 0 Å². The molecule has 1 atom stereocenters. The number of allylic oxidation sites excluding steroid dienone is 3. The van der Waals surface area contributed by atoms with E-state index in [4.69, 9.17) is 4.42 Å². The highest BCUT2D eigenvalue weighted by molar-refractivity contribution is 5.25. The SMILES string of the molecule is C=C1C=CCC(C)(C)[C@H]1CCc1ccoc1. The van der Waals surface area contributed by atoms with Gasteiger partial charge in [-0.25, -0.2) is 0 Å². The fourth-order valence-corrected chi connectivity index (χ4v) is 2.60. The summed E-state index contributed by atoms with van der Waals surface area (Å²) in [6, 6.07) is 2.05. The number of hydrogen-bond donors (Lipinski definition) is 0. The molecule has 1 heteroatoms. The Bertz CT molecular complexity index is 382. The van der Waals surface area contributed by atoms with Crippen molar-refractivity contribution in [1.82, 2.24) is 0 Å². The second-order valence-electron chi connectivity index (χ2n) is 5.39. The number of aryl methyl sites for hydroxylation is 1. The van der Waals surface area contributed by atoms with Crippen molar-refractivity contribution in [3.05, 3.63) is 48.5 Å². The molecule has 0 saturated carbocycles. The first-order valence-corrected chi connectivity index (χ1v) is 5.96. The molecule has 1 aliphatic rings. The fraction of sp³-hybridized carbons (Fsp3) is 0.467. The van der Waals surface area contributed by atoms with Crippen molar-refractivity contribution in [1.29, 1.82) is 0 Å². The maximum atomic E-state index is 5.10.